The van der Waals surface area contributed by atoms with Gasteiger partial charge in [0.1, 0.15) is 0 Å². The van der Waals surface area contributed by atoms with Gasteiger partial charge in [0.2, 0.25) is 5.91 Å². The van der Waals surface area contributed by atoms with Crippen LogP contribution in [0.1, 0.15) is 11.1 Å². The van der Waals surface area contributed by atoms with E-state index < -0.39 is 0 Å². The Bertz CT molecular complexity index is 1030. The van der Waals surface area contributed by atoms with E-state index >= 15 is 0 Å². The summed E-state index contributed by atoms with van der Waals surface area (Å²) in [5.74, 6) is -0.568. The van der Waals surface area contributed by atoms with Crippen LogP contribution in [0, 0.1) is 0 Å². The highest BCUT2D eigenvalue weighted by Crippen LogP contribution is 2.18. The maximum Gasteiger partial charge on any atom is 0.257 e. The molecule has 154 valence electrons. The first-order valence-corrected chi connectivity index (χ1v) is 10.0. The average Bonchev–Trinajstić information content (AvgIpc) is 2.77. The van der Waals surface area contributed by atoms with Gasteiger partial charge < -0.3 is 10.6 Å². The average molecular weight is 421 g/mol. The van der Waals surface area contributed by atoms with Crippen LogP contribution in [0.3, 0.4) is 0 Å². The molecule has 0 radical (unpaired) electrons. The van der Waals surface area contributed by atoms with Crippen molar-refractivity contribution in [3.63, 3.8) is 0 Å². The smallest absolute Gasteiger partial charge is 0.257 e. The van der Waals surface area contributed by atoms with Gasteiger partial charge in [-0.25, -0.2) is 0 Å². The van der Waals surface area contributed by atoms with E-state index in [2.05, 4.69) is 16.1 Å². The molecule has 3 aromatic carbocycles. The molecule has 0 fully saturated rings. The summed E-state index contributed by atoms with van der Waals surface area (Å²) in [6.45, 7) is 0.427. The summed E-state index contributed by atoms with van der Waals surface area (Å²) < 4.78 is 0. The molecule has 0 saturated heterocycles. The third kappa shape index (κ3) is 6.02. The lowest BCUT2D eigenvalue weighted by Crippen LogP contribution is -2.50. The number of carbonyl (C=O) groups excluding carboxylic acids is 2. The van der Waals surface area contributed by atoms with Gasteiger partial charge in [0.25, 0.3) is 5.91 Å². The lowest BCUT2D eigenvalue weighted by atomic mass is 10.0. The molecule has 0 spiro atoms. The highest BCUT2D eigenvalue weighted by atomic mass is 32.1. The molecule has 0 aromatic heterocycles. The number of fused-ring (bicyclic) bond motifs is 1. The summed E-state index contributed by atoms with van der Waals surface area (Å²) in [7, 11) is 1.65. The number of hydrazine groups is 1. The largest absolute Gasteiger partial charge is 0.357 e. The predicted octanol–water partition coefficient (Wildman–Crippen LogP) is 2.54. The fraction of sp³-hybridized carbons (Fsp3) is 0.174. The molecule has 0 atom stereocenters. The van der Waals surface area contributed by atoms with Crippen LogP contribution in [0.4, 0.5) is 0 Å². The number of nitrogens with one attached hydrogen (secondary N) is 3. The Hall–Kier alpha value is -3.45. The van der Waals surface area contributed by atoms with Crippen LogP contribution in [0.2, 0.25) is 0 Å². The van der Waals surface area contributed by atoms with E-state index in [1.54, 1.807) is 7.05 Å². The van der Waals surface area contributed by atoms with Gasteiger partial charge in [-0.3, -0.25) is 20.0 Å². The fourth-order valence-electron chi connectivity index (χ4n) is 3.03. The van der Waals surface area contributed by atoms with Crippen LogP contribution in [-0.4, -0.2) is 35.5 Å². The summed E-state index contributed by atoms with van der Waals surface area (Å²) in [6, 6.07) is 23.6. The van der Waals surface area contributed by atoms with E-state index in [-0.39, 0.29) is 24.8 Å². The molecular formula is C23H24N4O2S. The van der Waals surface area contributed by atoms with Gasteiger partial charge in [-0.15, -0.1) is 0 Å². The quantitative estimate of drug-likeness (QED) is 0.422. The highest BCUT2D eigenvalue weighted by Gasteiger charge is 2.11. The number of nitrogens with zero attached hydrogens (tertiary/aromatic N) is 1. The SMILES string of the molecule is CN(NC(=O)CNC(=O)Cc1cccc2ccccc12)C(=S)NCc1ccccc1. The molecule has 2 amide bonds. The number of hydrogen-bond donors (Lipinski definition) is 3. The first-order chi connectivity index (χ1) is 14.5. The van der Waals surface area contributed by atoms with Crippen LogP contribution in [-0.2, 0) is 22.6 Å². The van der Waals surface area contributed by atoms with E-state index in [1.165, 1.54) is 5.01 Å². The predicted molar refractivity (Wildman–Crippen MR) is 122 cm³/mol. The Morgan fingerprint density at radius 1 is 0.867 bits per heavy atom. The van der Waals surface area contributed by atoms with Crippen molar-refractivity contribution in [2.24, 2.45) is 0 Å². The maximum absolute atomic E-state index is 12.3. The van der Waals surface area contributed by atoms with Crippen LogP contribution in [0.15, 0.2) is 72.8 Å². The summed E-state index contributed by atoms with van der Waals surface area (Å²) >= 11 is 5.27. The first kappa shape index (κ1) is 21.3. The molecule has 0 aliphatic carbocycles. The monoisotopic (exact) mass is 420 g/mol. The minimum atomic E-state index is -0.354. The normalized spacial score (nSPS) is 10.3. The van der Waals surface area contributed by atoms with E-state index in [4.69, 9.17) is 12.2 Å². The number of rotatable bonds is 6. The van der Waals surface area contributed by atoms with Crippen molar-refractivity contribution in [1.82, 2.24) is 21.1 Å². The number of hydrogen-bond acceptors (Lipinski definition) is 3. The number of thiocarbonyl (C=S) groups is 1. The Balaban J connectivity index is 1.43. The molecule has 0 unspecified atom stereocenters. The van der Waals surface area contributed by atoms with E-state index in [0.29, 0.717) is 11.7 Å². The van der Waals surface area contributed by atoms with E-state index in [0.717, 1.165) is 21.9 Å². The van der Waals surface area contributed by atoms with Crippen molar-refractivity contribution in [2.75, 3.05) is 13.6 Å². The van der Waals surface area contributed by atoms with Gasteiger partial charge in [0.15, 0.2) is 5.11 Å². The fourth-order valence-corrected chi connectivity index (χ4v) is 3.15. The van der Waals surface area contributed by atoms with Crippen molar-refractivity contribution in [3.8, 4) is 0 Å². The van der Waals surface area contributed by atoms with Gasteiger partial charge >= 0.3 is 0 Å². The van der Waals surface area contributed by atoms with Crippen LogP contribution in [0.25, 0.3) is 10.8 Å². The summed E-state index contributed by atoms with van der Waals surface area (Å²) in [5.41, 5.74) is 4.65. The molecule has 7 heteroatoms. The molecule has 0 aliphatic rings. The Labute approximate surface area is 181 Å². The first-order valence-electron chi connectivity index (χ1n) is 9.61. The molecule has 30 heavy (non-hydrogen) atoms. The summed E-state index contributed by atoms with van der Waals surface area (Å²) in [5, 5.41) is 9.66. The van der Waals surface area contributed by atoms with E-state index in [9.17, 15) is 9.59 Å². The minimum absolute atomic E-state index is 0.130. The summed E-state index contributed by atoms with van der Waals surface area (Å²) in [4.78, 5) is 24.4. The molecule has 0 aliphatic heterocycles. The Morgan fingerprint density at radius 2 is 1.57 bits per heavy atom. The molecule has 3 rings (SSSR count). The molecular weight excluding hydrogens is 396 g/mol. The topological polar surface area (TPSA) is 73.5 Å². The lowest BCUT2D eigenvalue weighted by molar-refractivity contribution is -0.127. The Kier molecular flexibility index (Phi) is 7.34. The molecule has 0 bridgehead atoms. The third-order valence-electron chi connectivity index (χ3n) is 4.56. The van der Waals surface area contributed by atoms with Gasteiger partial charge in [-0.2, -0.15) is 0 Å². The van der Waals surface area contributed by atoms with Gasteiger partial charge in [0.05, 0.1) is 13.0 Å². The second-order valence-electron chi connectivity index (χ2n) is 6.83. The van der Waals surface area contributed by atoms with Crippen molar-refractivity contribution in [2.45, 2.75) is 13.0 Å². The zero-order chi connectivity index (χ0) is 21.3. The van der Waals surface area contributed by atoms with Crippen molar-refractivity contribution < 1.29 is 9.59 Å². The standard InChI is InChI=1S/C23H24N4O2S/c1-27(23(30)25-15-17-8-3-2-4-9-17)26-22(29)16-24-21(28)14-19-12-7-11-18-10-5-6-13-20(18)19/h2-13H,14-16H2,1H3,(H,24,28)(H,25,30)(H,26,29). The number of benzene rings is 3. The second kappa shape index (κ2) is 10.4. The van der Waals surface area contributed by atoms with Crippen molar-refractivity contribution >= 4 is 39.9 Å². The van der Waals surface area contributed by atoms with Crippen LogP contribution < -0.4 is 16.1 Å². The third-order valence-corrected chi connectivity index (χ3v) is 4.98. The second-order valence-corrected chi connectivity index (χ2v) is 7.22. The molecule has 3 aromatic rings. The van der Waals surface area contributed by atoms with Crippen molar-refractivity contribution in [3.05, 3.63) is 83.9 Å². The highest BCUT2D eigenvalue weighted by molar-refractivity contribution is 7.80. The van der Waals surface area contributed by atoms with Crippen molar-refractivity contribution in [1.29, 1.82) is 0 Å². The Morgan fingerprint density at radius 3 is 2.37 bits per heavy atom. The van der Waals surface area contributed by atoms with E-state index in [1.807, 2.05) is 72.8 Å². The molecule has 6 nitrogen and oxygen atoms in total. The number of carbonyl (C=O) groups is 2. The van der Waals surface area contributed by atoms with Crippen LogP contribution in [0.5, 0.6) is 0 Å². The molecule has 0 heterocycles. The van der Waals surface area contributed by atoms with Gasteiger partial charge in [0, 0.05) is 13.6 Å². The number of amides is 2. The molecule has 0 saturated carbocycles. The zero-order valence-corrected chi connectivity index (χ0v) is 17.5. The van der Waals surface area contributed by atoms with Gasteiger partial charge in [-0.05, 0) is 34.1 Å². The zero-order valence-electron chi connectivity index (χ0n) is 16.7. The van der Waals surface area contributed by atoms with Gasteiger partial charge in [-0.1, -0.05) is 72.8 Å². The summed E-state index contributed by atoms with van der Waals surface area (Å²) in [6.07, 6.45) is 0.210. The van der Waals surface area contributed by atoms with Crippen LogP contribution >= 0.6 is 12.2 Å². The maximum atomic E-state index is 12.3. The minimum Gasteiger partial charge on any atom is -0.357 e. The lowest BCUT2D eigenvalue weighted by Gasteiger charge is -2.22. The molecule has 3 N–H and O–H groups in total.